The molecule has 0 atom stereocenters. The van der Waals surface area contributed by atoms with E-state index in [1.807, 2.05) is 23.6 Å². The molecule has 6 heteroatoms. The molecule has 0 amide bonds. The van der Waals surface area contributed by atoms with Crippen molar-refractivity contribution in [2.75, 3.05) is 11.4 Å². The number of anilines is 1. The lowest BCUT2D eigenvalue weighted by atomic mass is 10.1. The van der Waals surface area contributed by atoms with Gasteiger partial charge in [-0.2, -0.15) is 5.26 Å². The van der Waals surface area contributed by atoms with Crippen LogP contribution in [0.4, 0.5) is 10.2 Å². The number of pyridine rings is 1. The summed E-state index contributed by atoms with van der Waals surface area (Å²) >= 11 is 0. The zero-order valence-electron chi connectivity index (χ0n) is 13.8. The first kappa shape index (κ1) is 15.3. The van der Waals surface area contributed by atoms with Gasteiger partial charge in [-0.25, -0.2) is 14.4 Å². The summed E-state index contributed by atoms with van der Waals surface area (Å²) in [6.45, 7) is 3.33. The van der Waals surface area contributed by atoms with Gasteiger partial charge in [0.05, 0.1) is 29.8 Å². The molecule has 124 valence electrons. The topological polar surface area (TPSA) is 57.7 Å². The predicted molar refractivity (Wildman–Crippen MR) is 92.0 cm³/mol. The smallest absolute Gasteiger partial charge is 0.129 e. The molecule has 25 heavy (non-hydrogen) atoms. The fourth-order valence-corrected chi connectivity index (χ4v) is 3.17. The van der Waals surface area contributed by atoms with Crippen molar-refractivity contribution in [3.8, 4) is 11.8 Å². The Morgan fingerprint density at radius 3 is 2.68 bits per heavy atom. The van der Waals surface area contributed by atoms with Crippen LogP contribution in [0.3, 0.4) is 0 Å². The maximum absolute atomic E-state index is 13.1. The summed E-state index contributed by atoms with van der Waals surface area (Å²) in [5.41, 5.74) is 4.40. The summed E-state index contributed by atoms with van der Waals surface area (Å²) in [6, 6.07) is 12.3. The van der Waals surface area contributed by atoms with Gasteiger partial charge in [0.1, 0.15) is 17.7 Å². The van der Waals surface area contributed by atoms with E-state index in [0.29, 0.717) is 12.1 Å². The van der Waals surface area contributed by atoms with E-state index in [1.54, 1.807) is 18.5 Å². The van der Waals surface area contributed by atoms with Crippen LogP contribution in [0, 0.1) is 24.1 Å². The molecule has 0 radical (unpaired) electrons. The third kappa shape index (κ3) is 2.74. The molecular weight excluding hydrogens is 317 g/mol. The van der Waals surface area contributed by atoms with E-state index < -0.39 is 0 Å². The first-order chi connectivity index (χ1) is 12.2. The van der Waals surface area contributed by atoms with Crippen LogP contribution in [-0.4, -0.2) is 21.1 Å². The Morgan fingerprint density at radius 1 is 1.16 bits per heavy atom. The number of hydrogen-bond acceptors (Lipinski definition) is 4. The van der Waals surface area contributed by atoms with E-state index in [4.69, 9.17) is 5.26 Å². The van der Waals surface area contributed by atoms with Gasteiger partial charge < -0.3 is 9.47 Å². The standard InChI is InChI=1S/C19H16FN5/c1-13-14(10-21)2-7-19(23-13)24-9-8-18-17(11-24)22-12-25(18)16-5-3-15(20)4-6-16/h2-7,12H,8-9,11H2,1H3. The van der Waals surface area contributed by atoms with Gasteiger partial charge in [-0.1, -0.05) is 0 Å². The Morgan fingerprint density at radius 2 is 1.96 bits per heavy atom. The Bertz CT molecular complexity index is 968. The van der Waals surface area contributed by atoms with E-state index >= 15 is 0 Å². The number of fused-ring (bicyclic) bond motifs is 1. The van der Waals surface area contributed by atoms with Crippen molar-refractivity contribution in [2.45, 2.75) is 19.9 Å². The van der Waals surface area contributed by atoms with Gasteiger partial charge in [0.15, 0.2) is 0 Å². The van der Waals surface area contributed by atoms with E-state index in [-0.39, 0.29) is 5.82 Å². The van der Waals surface area contributed by atoms with E-state index in [9.17, 15) is 4.39 Å². The molecule has 1 aromatic carbocycles. The molecule has 0 fully saturated rings. The second kappa shape index (κ2) is 6.02. The van der Waals surface area contributed by atoms with Gasteiger partial charge >= 0.3 is 0 Å². The van der Waals surface area contributed by atoms with Gasteiger partial charge in [-0.15, -0.1) is 0 Å². The minimum absolute atomic E-state index is 0.244. The van der Waals surface area contributed by atoms with Crippen molar-refractivity contribution in [1.82, 2.24) is 14.5 Å². The molecule has 4 rings (SSSR count). The van der Waals surface area contributed by atoms with Crippen LogP contribution in [0.2, 0.25) is 0 Å². The Hall–Kier alpha value is -3.20. The monoisotopic (exact) mass is 333 g/mol. The molecule has 0 spiro atoms. The molecule has 0 saturated heterocycles. The number of halogens is 1. The fraction of sp³-hybridized carbons (Fsp3) is 0.211. The number of imidazole rings is 1. The summed E-state index contributed by atoms with van der Waals surface area (Å²) in [7, 11) is 0. The van der Waals surface area contributed by atoms with Crippen LogP contribution in [0.25, 0.3) is 5.69 Å². The molecule has 0 N–H and O–H groups in total. The molecule has 2 aromatic heterocycles. The van der Waals surface area contributed by atoms with E-state index in [1.165, 1.54) is 12.1 Å². The normalized spacial score (nSPS) is 13.4. The van der Waals surface area contributed by atoms with Gasteiger partial charge in [0.25, 0.3) is 0 Å². The number of rotatable bonds is 2. The number of hydrogen-bond donors (Lipinski definition) is 0. The molecule has 5 nitrogen and oxygen atoms in total. The molecule has 3 heterocycles. The SMILES string of the molecule is Cc1nc(N2CCc3c(ncn3-c3ccc(F)cc3)C2)ccc1C#N. The molecule has 0 unspecified atom stereocenters. The van der Waals surface area contributed by atoms with Gasteiger partial charge in [-0.05, 0) is 43.3 Å². The summed E-state index contributed by atoms with van der Waals surface area (Å²) < 4.78 is 15.2. The van der Waals surface area contributed by atoms with Crippen molar-refractivity contribution < 1.29 is 4.39 Å². The molecule has 0 aliphatic carbocycles. The van der Waals surface area contributed by atoms with E-state index in [0.717, 1.165) is 41.6 Å². The summed E-state index contributed by atoms with van der Waals surface area (Å²) in [5, 5.41) is 9.04. The zero-order valence-corrected chi connectivity index (χ0v) is 13.8. The van der Waals surface area contributed by atoms with Crippen molar-refractivity contribution >= 4 is 5.82 Å². The molecule has 1 aliphatic rings. The number of nitrogens with zero attached hydrogens (tertiary/aromatic N) is 5. The number of aromatic nitrogens is 3. The minimum atomic E-state index is -0.244. The quantitative estimate of drug-likeness (QED) is 0.723. The minimum Gasteiger partial charge on any atom is -0.350 e. The van der Waals surface area contributed by atoms with Gasteiger partial charge in [0, 0.05) is 24.3 Å². The lowest BCUT2D eigenvalue weighted by molar-refractivity contribution is 0.627. The third-order valence-corrected chi connectivity index (χ3v) is 4.53. The van der Waals surface area contributed by atoms with Crippen LogP contribution in [0.15, 0.2) is 42.7 Å². The molecule has 1 aliphatic heterocycles. The third-order valence-electron chi connectivity index (χ3n) is 4.53. The van der Waals surface area contributed by atoms with Crippen molar-refractivity contribution in [3.63, 3.8) is 0 Å². The highest BCUT2D eigenvalue weighted by Gasteiger charge is 2.22. The first-order valence-corrected chi connectivity index (χ1v) is 8.09. The van der Waals surface area contributed by atoms with Crippen LogP contribution in [0.5, 0.6) is 0 Å². The van der Waals surface area contributed by atoms with Crippen molar-refractivity contribution in [2.24, 2.45) is 0 Å². The van der Waals surface area contributed by atoms with Crippen molar-refractivity contribution in [1.29, 1.82) is 5.26 Å². The largest absolute Gasteiger partial charge is 0.350 e. The number of benzene rings is 1. The Balaban J connectivity index is 1.62. The molecule has 3 aromatic rings. The van der Waals surface area contributed by atoms with E-state index in [2.05, 4.69) is 20.9 Å². The molecule has 0 saturated carbocycles. The second-order valence-corrected chi connectivity index (χ2v) is 6.07. The fourth-order valence-electron chi connectivity index (χ4n) is 3.17. The highest BCUT2D eigenvalue weighted by Crippen LogP contribution is 2.25. The first-order valence-electron chi connectivity index (χ1n) is 8.09. The summed E-state index contributed by atoms with van der Waals surface area (Å²) in [4.78, 5) is 11.2. The summed E-state index contributed by atoms with van der Waals surface area (Å²) in [5.74, 6) is 0.615. The van der Waals surface area contributed by atoms with Crippen LogP contribution in [-0.2, 0) is 13.0 Å². The maximum atomic E-state index is 13.1. The lowest BCUT2D eigenvalue weighted by Gasteiger charge is -2.28. The van der Waals surface area contributed by atoms with Crippen LogP contribution < -0.4 is 4.90 Å². The highest BCUT2D eigenvalue weighted by atomic mass is 19.1. The summed E-state index contributed by atoms with van der Waals surface area (Å²) in [6.07, 6.45) is 2.62. The van der Waals surface area contributed by atoms with Crippen LogP contribution in [0.1, 0.15) is 22.6 Å². The lowest BCUT2D eigenvalue weighted by Crippen LogP contribution is -2.32. The number of aryl methyl sites for hydroxylation is 1. The molecule has 0 bridgehead atoms. The maximum Gasteiger partial charge on any atom is 0.129 e. The second-order valence-electron chi connectivity index (χ2n) is 6.07. The number of nitriles is 1. The zero-order chi connectivity index (χ0) is 17.4. The molecular formula is C19H16FN5. The van der Waals surface area contributed by atoms with Crippen molar-refractivity contribution in [3.05, 3.63) is 71.2 Å². The predicted octanol–water partition coefficient (Wildman–Crippen LogP) is 3.15. The average molecular weight is 333 g/mol. The Labute approximate surface area is 145 Å². The van der Waals surface area contributed by atoms with Crippen LogP contribution >= 0.6 is 0 Å². The highest BCUT2D eigenvalue weighted by molar-refractivity contribution is 5.47. The van der Waals surface area contributed by atoms with Gasteiger partial charge in [-0.3, -0.25) is 0 Å². The van der Waals surface area contributed by atoms with Gasteiger partial charge in [0.2, 0.25) is 0 Å². The average Bonchev–Trinajstić information content (AvgIpc) is 3.05. The Kier molecular flexibility index (Phi) is 3.69.